The van der Waals surface area contributed by atoms with Crippen LogP contribution in [0.4, 0.5) is 0 Å². The zero-order chi connectivity index (χ0) is 12.7. The van der Waals surface area contributed by atoms with Gasteiger partial charge in [0.05, 0.1) is 12.1 Å². The molecule has 1 amide bonds. The maximum atomic E-state index is 12.0. The standard InChI is InChI=1S/C14H27NO2/c1-4-5-6-7-8-9-10-13(16)15-12-17-11-14(15,2)3/h4-12H2,1-3H3. The van der Waals surface area contributed by atoms with E-state index in [0.717, 1.165) is 6.42 Å². The van der Waals surface area contributed by atoms with Crippen LogP contribution in [0, 0.1) is 0 Å². The highest BCUT2D eigenvalue weighted by Crippen LogP contribution is 2.22. The molecular formula is C14H27NO2. The molecule has 3 heteroatoms. The summed E-state index contributed by atoms with van der Waals surface area (Å²) in [4.78, 5) is 13.9. The van der Waals surface area contributed by atoms with Crippen molar-refractivity contribution < 1.29 is 9.53 Å². The van der Waals surface area contributed by atoms with Crippen LogP contribution in [0.25, 0.3) is 0 Å². The molecule has 0 radical (unpaired) electrons. The Morgan fingerprint density at radius 2 is 1.82 bits per heavy atom. The summed E-state index contributed by atoms with van der Waals surface area (Å²) in [5.74, 6) is 0.253. The summed E-state index contributed by atoms with van der Waals surface area (Å²) in [5, 5.41) is 0. The van der Waals surface area contributed by atoms with Crippen LogP contribution < -0.4 is 0 Å². The van der Waals surface area contributed by atoms with E-state index in [9.17, 15) is 4.79 Å². The molecule has 1 heterocycles. The second kappa shape index (κ2) is 7.00. The van der Waals surface area contributed by atoms with Gasteiger partial charge in [0.25, 0.3) is 0 Å². The zero-order valence-corrected chi connectivity index (χ0v) is 11.6. The normalized spacial score (nSPS) is 18.6. The molecule has 1 aliphatic rings. The van der Waals surface area contributed by atoms with Gasteiger partial charge >= 0.3 is 0 Å². The van der Waals surface area contributed by atoms with Crippen LogP contribution in [0.1, 0.15) is 65.7 Å². The van der Waals surface area contributed by atoms with Crippen molar-refractivity contribution in [3.63, 3.8) is 0 Å². The lowest BCUT2D eigenvalue weighted by Gasteiger charge is -2.29. The van der Waals surface area contributed by atoms with Crippen LogP contribution >= 0.6 is 0 Å². The van der Waals surface area contributed by atoms with E-state index in [1.807, 2.05) is 4.90 Å². The maximum absolute atomic E-state index is 12.0. The van der Waals surface area contributed by atoms with Crippen LogP contribution in [0.15, 0.2) is 0 Å². The van der Waals surface area contributed by atoms with Crippen molar-refractivity contribution in [1.82, 2.24) is 4.90 Å². The fraction of sp³-hybridized carbons (Fsp3) is 0.929. The van der Waals surface area contributed by atoms with Crippen LogP contribution in [-0.4, -0.2) is 29.7 Å². The molecule has 0 saturated carbocycles. The van der Waals surface area contributed by atoms with Crippen molar-refractivity contribution >= 4 is 5.91 Å². The smallest absolute Gasteiger partial charge is 0.224 e. The van der Waals surface area contributed by atoms with Gasteiger partial charge in [-0.15, -0.1) is 0 Å². The number of nitrogens with zero attached hydrogens (tertiary/aromatic N) is 1. The molecule has 1 fully saturated rings. The summed E-state index contributed by atoms with van der Waals surface area (Å²) >= 11 is 0. The first-order valence-electron chi connectivity index (χ1n) is 6.96. The minimum atomic E-state index is -0.112. The third-order valence-electron chi connectivity index (χ3n) is 3.45. The predicted molar refractivity (Wildman–Crippen MR) is 69.7 cm³/mol. The van der Waals surface area contributed by atoms with E-state index in [0.29, 0.717) is 19.8 Å². The number of hydrogen-bond donors (Lipinski definition) is 0. The molecule has 1 rings (SSSR count). The largest absolute Gasteiger partial charge is 0.359 e. The average Bonchev–Trinajstić information content (AvgIpc) is 2.63. The Labute approximate surface area is 106 Å². The third-order valence-corrected chi connectivity index (χ3v) is 3.45. The number of unbranched alkanes of at least 4 members (excludes halogenated alkanes) is 5. The molecule has 3 nitrogen and oxygen atoms in total. The van der Waals surface area contributed by atoms with Gasteiger partial charge in [-0.2, -0.15) is 0 Å². The van der Waals surface area contributed by atoms with E-state index < -0.39 is 0 Å². The lowest BCUT2D eigenvalue weighted by molar-refractivity contribution is -0.135. The van der Waals surface area contributed by atoms with Gasteiger partial charge in [0, 0.05) is 6.42 Å². The fourth-order valence-electron chi connectivity index (χ4n) is 2.24. The first-order valence-corrected chi connectivity index (χ1v) is 6.96. The van der Waals surface area contributed by atoms with Crippen LogP contribution in [0.5, 0.6) is 0 Å². The Bertz CT molecular complexity index is 238. The molecule has 0 aliphatic carbocycles. The molecule has 0 N–H and O–H groups in total. The Morgan fingerprint density at radius 3 is 2.41 bits per heavy atom. The number of rotatable bonds is 7. The summed E-state index contributed by atoms with van der Waals surface area (Å²) < 4.78 is 5.36. The Kier molecular flexibility index (Phi) is 5.96. The molecule has 0 unspecified atom stereocenters. The summed E-state index contributed by atoms with van der Waals surface area (Å²) in [5.41, 5.74) is -0.112. The maximum Gasteiger partial charge on any atom is 0.224 e. The molecule has 1 saturated heterocycles. The van der Waals surface area contributed by atoms with Gasteiger partial charge in [0.2, 0.25) is 5.91 Å². The van der Waals surface area contributed by atoms with Gasteiger partial charge in [-0.05, 0) is 20.3 Å². The Morgan fingerprint density at radius 1 is 1.18 bits per heavy atom. The molecule has 0 aromatic carbocycles. The lowest BCUT2D eigenvalue weighted by Crippen LogP contribution is -2.44. The Hall–Kier alpha value is -0.570. The molecule has 0 bridgehead atoms. The molecule has 1 aliphatic heterocycles. The van der Waals surface area contributed by atoms with Crippen LogP contribution in [-0.2, 0) is 9.53 Å². The second-order valence-electron chi connectivity index (χ2n) is 5.63. The van der Waals surface area contributed by atoms with Crippen LogP contribution in [0.3, 0.4) is 0 Å². The molecule has 17 heavy (non-hydrogen) atoms. The molecule has 100 valence electrons. The van der Waals surface area contributed by atoms with Gasteiger partial charge in [-0.3, -0.25) is 4.79 Å². The number of ether oxygens (including phenoxy) is 1. The molecule has 0 aromatic rings. The Balaban J connectivity index is 2.13. The minimum absolute atomic E-state index is 0.112. The highest BCUT2D eigenvalue weighted by atomic mass is 16.5. The van der Waals surface area contributed by atoms with Gasteiger partial charge < -0.3 is 9.64 Å². The first-order chi connectivity index (χ1) is 8.08. The molecule has 0 atom stereocenters. The van der Waals surface area contributed by atoms with Gasteiger partial charge in [0.1, 0.15) is 6.73 Å². The summed E-state index contributed by atoms with van der Waals surface area (Å²) in [6.07, 6.45) is 8.05. The molecular weight excluding hydrogens is 214 g/mol. The third kappa shape index (κ3) is 4.66. The topological polar surface area (TPSA) is 29.5 Å². The van der Waals surface area contributed by atoms with Crippen molar-refractivity contribution in [3.8, 4) is 0 Å². The van der Waals surface area contributed by atoms with Gasteiger partial charge in [0.15, 0.2) is 0 Å². The lowest BCUT2D eigenvalue weighted by atomic mass is 10.0. The second-order valence-corrected chi connectivity index (χ2v) is 5.63. The van der Waals surface area contributed by atoms with E-state index >= 15 is 0 Å². The monoisotopic (exact) mass is 241 g/mol. The minimum Gasteiger partial charge on any atom is -0.359 e. The zero-order valence-electron chi connectivity index (χ0n) is 11.6. The van der Waals surface area contributed by atoms with Crippen molar-refractivity contribution in [2.75, 3.05) is 13.3 Å². The SMILES string of the molecule is CCCCCCCCC(=O)N1COCC1(C)C. The van der Waals surface area contributed by atoms with E-state index in [2.05, 4.69) is 20.8 Å². The summed E-state index contributed by atoms with van der Waals surface area (Å²) in [7, 11) is 0. The summed E-state index contributed by atoms with van der Waals surface area (Å²) in [6.45, 7) is 7.49. The number of amides is 1. The predicted octanol–water partition coefficient (Wildman–Crippen LogP) is 3.33. The quantitative estimate of drug-likeness (QED) is 0.640. The van der Waals surface area contributed by atoms with E-state index in [4.69, 9.17) is 4.74 Å². The summed E-state index contributed by atoms with van der Waals surface area (Å²) in [6, 6.07) is 0. The highest BCUT2D eigenvalue weighted by Gasteiger charge is 2.35. The number of hydrogen-bond acceptors (Lipinski definition) is 2. The van der Waals surface area contributed by atoms with Crippen molar-refractivity contribution in [2.24, 2.45) is 0 Å². The van der Waals surface area contributed by atoms with Crippen molar-refractivity contribution in [3.05, 3.63) is 0 Å². The van der Waals surface area contributed by atoms with E-state index in [1.54, 1.807) is 0 Å². The highest BCUT2D eigenvalue weighted by molar-refractivity contribution is 5.77. The molecule has 0 aromatic heterocycles. The van der Waals surface area contributed by atoms with E-state index in [1.165, 1.54) is 32.1 Å². The number of carbonyl (C=O) groups is 1. The van der Waals surface area contributed by atoms with E-state index in [-0.39, 0.29) is 11.4 Å². The van der Waals surface area contributed by atoms with Crippen LogP contribution in [0.2, 0.25) is 0 Å². The average molecular weight is 241 g/mol. The fourth-order valence-corrected chi connectivity index (χ4v) is 2.24. The van der Waals surface area contributed by atoms with Gasteiger partial charge in [-0.1, -0.05) is 39.0 Å². The van der Waals surface area contributed by atoms with Crippen molar-refractivity contribution in [2.45, 2.75) is 71.3 Å². The van der Waals surface area contributed by atoms with Gasteiger partial charge in [-0.25, -0.2) is 0 Å². The number of carbonyl (C=O) groups excluding carboxylic acids is 1. The first kappa shape index (κ1) is 14.5. The van der Waals surface area contributed by atoms with Crippen molar-refractivity contribution in [1.29, 1.82) is 0 Å². The molecule has 0 spiro atoms.